The lowest BCUT2D eigenvalue weighted by atomic mass is 10.1. The largest absolute Gasteiger partial charge is 0.465 e. The topological polar surface area (TPSA) is 64.3 Å². The van der Waals surface area contributed by atoms with E-state index in [4.69, 9.17) is 4.74 Å². The van der Waals surface area contributed by atoms with E-state index in [0.29, 0.717) is 17.1 Å². The van der Waals surface area contributed by atoms with Crippen molar-refractivity contribution in [2.24, 2.45) is 0 Å². The Morgan fingerprint density at radius 1 is 1.10 bits per heavy atom. The average Bonchev–Trinajstić information content (AvgIpc) is 3.02. The number of quaternary nitrogens is 2. The van der Waals surface area contributed by atoms with Crippen LogP contribution in [0.25, 0.3) is 6.08 Å². The van der Waals surface area contributed by atoms with E-state index in [0.717, 1.165) is 43.2 Å². The van der Waals surface area contributed by atoms with Gasteiger partial charge in [0.25, 0.3) is 5.91 Å². The number of aryl methyl sites for hydroxylation is 1. The van der Waals surface area contributed by atoms with Gasteiger partial charge in [0.1, 0.15) is 31.2 Å². The highest BCUT2D eigenvalue weighted by molar-refractivity contribution is 7.16. The molecule has 2 heterocycles. The highest BCUT2D eigenvalue weighted by Gasteiger charge is 2.26. The quantitative estimate of drug-likeness (QED) is 0.565. The number of carbonyl (C=O) groups excluding carboxylic acids is 2. The van der Waals surface area contributed by atoms with Crippen LogP contribution < -0.4 is 15.1 Å². The number of rotatable bonds is 7. The Balaban J connectivity index is 1.46. The summed E-state index contributed by atoms with van der Waals surface area (Å²) in [6.45, 7) is 9.28. The van der Waals surface area contributed by atoms with Gasteiger partial charge in [-0.25, -0.2) is 4.79 Å². The van der Waals surface area contributed by atoms with Crippen LogP contribution in [-0.2, 0) is 9.53 Å². The molecule has 1 aliphatic heterocycles. The molecule has 160 valence electrons. The van der Waals surface area contributed by atoms with Crippen LogP contribution in [0.3, 0.4) is 0 Å². The lowest BCUT2D eigenvalue weighted by Gasteiger charge is -2.28. The van der Waals surface area contributed by atoms with Crippen molar-refractivity contribution in [1.82, 2.24) is 0 Å². The zero-order valence-corrected chi connectivity index (χ0v) is 18.7. The van der Waals surface area contributed by atoms with E-state index < -0.39 is 5.97 Å². The number of hydrogen-bond donors (Lipinski definition) is 3. The Labute approximate surface area is 182 Å². The molecule has 0 atom stereocenters. The molecule has 30 heavy (non-hydrogen) atoms. The zero-order valence-electron chi connectivity index (χ0n) is 17.9. The third-order valence-corrected chi connectivity index (χ3v) is 6.74. The third-order valence-electron chi connectivity index (χ3n) is 5.62. The number of thiophene rings is 1. The summed E-state index contributed by atoms with van der Waals surface area (Å²) in [5.74, 6) is -0.455. The predicted octanol–water partition coefficient (Wildman–Crippen LogP) is 0.587. The number of carbonyl (C=O) groups is 2. The Morgan fingerprint density at radius 3 is 2.43 bits per heavy atom. The van der Waals surface area contributed by atoms with Crippen LogP contribution in [0.15, 0.2) is 36.4 Å². The number of benzene rings is 1. The van der Waals surface area contributed by atoms with Crippen molar-refractivity contribution in [3.8, 4) is 0 Å². The second-order valence-corrected chi connectivity index (χ2v) is 8.95. The predicted molar refractivity (Wildman–Crippen MR) is 120 cm³/mol. The first kappa shape index (κ1) is 22.2. The minimum absolute atomic E-state index is 0.0520. The van der Waals surface area contributed by atoms with Gasteiger partial charge < -0.3 is 19.9 Å². The van der Waals surface area contributed by atoms with Gasteiger partial charge in [0.05, 0.1) is 19.2 Å². The van der Waals surface area contributed by atoms with Crippen LogP contribution in [0.4, 0.5) is 5.00 Å². The molecule has 0 bridgehead atoms. The fourth-order valence-electron chi connectivity index (χ4n) is 3.72. The van der Waals surface area contributed by atoms with Gasteiger partial charge in [0, 0.05) is 4.88 Å². The van der Waals surface area contributed by atoms with E-state index in [9.17, 15) is 9.59 Å². The van der Waals surface area contributed by atoms with Crippen LogP contribution in [0.5, 0.6) is 0 Å². The Kier molecular flexibility index (Phi) is 7.79. The Bertz CT molecular complexity index is 900. The van der Waals surface area contributed by atoms with E-state index in [2.05, 4.69) is 29.6 Å². The second-order valence-electron chi connectivity index (χ2n) is 7.72. The number of piperazine rings is 1. The average molecular weight is 430 g/mol. The number of esters is 1. The van der Waals surface area contributed by atoms with Gasteiger partial charge in [0.2, 0.25) is 0 Å². The van der Waals surface area contributed by atoms with E-state index in [-0.39, 0.29) is 5.91 Å². The minimum Gasteiger partial charge on any atom is -0.465 e. The van der Waals surface area contributed by atoms with Gasteiger partial charge in [-0.15, -0.1) is 11.3 Å². The molecule has 0 radical (unpaired) electrons. The molecule has 6 nitrogen and oxygen atoms in total. The maximum absolute atomic E-state index is 12.6. The second kappa shape index (κ2) is 10.5. The van der Waals surface area contributed by atoms with E-state index in [1.54, 1.807) is 4.90 Å². The van der Waals surface area contributed by atoms with Gasteiger partial charge in [-0.1, -0.05) is 36.4 Å². The monoisotopic (exact) mass is 429 g/mol. The first-order valence-corrected chi connectivity index (χ1v) is 11.2. The summed E-state index contributed by atoms with van der Waals surface area (Å²) in [6.07, 6.45) is 4.40. The summed E-state index contributed by atoms with van der Waals surface area (Å²) in [5, 5.41) is 3.53. The van der Waals surface area contributed by atoms with E-state index in [1.807, 2.05) is 32.0 Å². The molecule has 0 aliphatic carbocycles. The van der Waals surface area contributed by atoms with Gasteiger partial charge in [-0.3, -0.25) is 4.79 Å². The third kappa shape index (κ3) is 5.78. The molecule has 3 rings (SSSR count). The smallest absolute Gasteiger partial charge is 0.341 e. The fraction of sp³-hybridized carbons (Fsp3) is 0.391. The van der Waals surface area contributed by atoms with Crippen LogP contribution >= 0.6 is 11.3 Å². The molecular weight excluding hydrogens is 398 g/mol. The molecule has 1 saturated heterocycles. The molecule has 0 saturated carbocycles. The summed E-state index contributed by atoms with van der Waals surface area (Å²) in [4.78, 5) is 28.5. The zero-order chi connectivity index (χ0) is 21.5. The normalized spacial score (nSPS) is 19.0. The molecule has 0 spiro atoms. The van der Waals surface area contributed by atoms with Crippen molar-refractivity contribution in [2.75, 3.05) is 51.7 Å². The highest BCUT2D eigenvalue weighted by Crippen LogP contribution is 2.32. The van der Waals surface area contributed by atoms with Crippen molar-refractivity contribution in [3.63, 3.8) is 0 Å². The molecule has 1 aliphatic rings. The summed E-state index contributed by atoms with van der Waals surface area (Å²) in [5.41, 5.74) is 2.57. The summed E-state index contributed by atoms with van der Waals surface area (Å²) in [6, 6.07) is 10.3. The highest BCUT2D eigenvalue weighted by atomic mass is 32.1. The molecular formula is C23H31N3O3S+2. The molecule has 1 aromatic carbocycles. The number of ether oxygens (including phenoxy) is 1. The number of methoxy groups -OCH3 is 1. The van der Waals surface area contributed by atoms with Crippen LogP contribution in [0.1, 0.15) is 26.4 Å². The van der Waals surface area contributed by atoms with E-state index in [1.165, 1.54) is 28.9 Å². The standard InChI is InChI=1S/C23H29N3O3S/c1-17-18(2)30-22(21(17)23(28)29-3)24-20(27)16-26-14-12-25(13-15-26)11-7-10-19-8-5-4-6-9-19/h4-10H,11-16H2,1-3H3,(H,24,27)/p+2/b10-7+. The molecule has 1 fully saturated rings. The van der Waals surface area contributed by atoms with Gasteiger partial charge in [0.15, 0.2) is 6.54 Å². The van der Waals surface area contributed by atoms with Crippen molar-refractivity contribution in [1.29, 1.82) is 0 Å². The molecule has 0 unspecified atom stereocenters. The molecule has 3 N–H and O–H groups in total. The molecule has 1 amide bonds. The molecule has 2 aromatic rings. The number of amides is 1. The first-order chi connectivity index (χ1) is 14.5. The lowest BCUT2D eigenvalue weighted by Crippen LogP contribution is -3.28. The molecule has 1 aromatic heterocycles. The van der Waals surface area contributed by atoms with Crippen LogP contribution in [-0.4, -0.2) is 58.3 Å². The number of hydrogen-bond acceptors (Lipinski definition) is 4. The van der Waals surface area contributed by atoms with Crippen molar-refractivity contribution >= 4 is 34.3 Å². The lowest BCUT2D eigenvalue weighted by molar-refractivity contribution is -1.01. The van der Waals surface area contributed by atoms with Crippen LogP contribution in [0, 0.1) is 13.8 Å². The van der Waals surface area contributed by atoms with E-state index >= 15 is 0 Å². The van der Waals surface area contributed by atoms with Crippen molar-refractivity contribution in [3.05, 3.63) is 58.0 Å². The fourth-order valence-corrected chi connectivity index (χ4v) is 4.79. The summed E-state index contributed by atoms with van der Waals surface area (Å²) < 4.78 is 4.88. The van der Waals surface area contributed by atoms with Crippen molar-refractivity contribution < 1.29 is 24.1 Å². The summed E-state index contributed by atoms with van der Waals surface area (Å²) >= 11 is 1.43. The number of anilines is 1. The Morgan fingerprint density at radius 2 is 1.77 bits per heavy atom. The first-order valence-electron chi connectivity index (χ1n) is 10.3. The maximum Gasteiger partial charge on any atom is 0.341 e. The van der Waals surface area contributed by atoms with Gasteiger partial charge in [-0.2, -0.15) is 0 Å². The SMILES string of the molecule is COC(=O)c1c(NC(=O)C[NH+]2CC[NH+](C/C=C/c3ccccc3)CC2)sc(C)c1C. The van der Waals surface area contributed by atoms with Gasteiger partial charge in [-0.05, 0) is 31.1 Å². The van der Waals surface area contributed by atoms with Crippen molar-refractivity contribution in [2.45, 2.75) is 13.8 Å². The minimum atomic E-state index is -0.403. The molecule has 7 heteroatoms. The number of nitrogens with one attached hydrogen (secondary N) is 3. The van der Waals surface area contributed by atoms with Gasteiger partial charge >= 0.3 is 5.97 Å². The Hall–Kier alpha value is -2.48. The van der Waals surface area contributed by atoms with Crippen LogP contribution in [0.2, 0.25) is 0 Å². The maximum atomic E-state index is 12.6. The summed E-state index contributed by atoms with van der Waals surface area (Å²) in [7, 11) is 1.36.